The number of amides is 2. The summed E-state index contributed by atoms with van der Waals surface area (Å²) in [5, 5.41) is 9.62. The number of nitrogens with zero attached hydrogens (tertiary/aromatic N) is 1. The van der Waals surface area contributed by atoms with Gasteiger partial charge in [-0.05, 0) is 35.4 Å². The highest BCUT2D eigenvalue weighted by Gasteiger charge is 2.55. The molecule has 4 heteroatoms. The number of rotatable bonds is 3. The van der Waals surface area contributed by atoms with Crippen molar-refractivity contribution in [3.05, 3.63) is 108 Å². The number of anilines is 1. The maximum atomic E-state index is 13.6. The van der Waals surface area contributed by atoms with Crippen LogP contribution in [-0.2, 0) is 9.59 Å². The summed E-state index contributed by atoms with van der Waals surface area (Å²) in [5.41, 5.74) is 2.56. The monoisotopic (exact) mass is 395 g/mol. The third kappa shape index (κ3) is 2.92. The van der Waals surface area contributed by atoms with E-state index in [0.29, 0.717) is 5.69 Å². The zero-order valence-electron chi connectivity index (χ0n) is 16.3. The lowest BCUT2D eigenvalue weighted by Gasteiger charge is -2.32. The van der Waals surface area contributed by atoms with Gasteiger partial charge in [0.2, 0.25) is 11.8 Å². The molecule has 3 aromatic rings. The van der Waals surface area contributed by atoms with Crippen molar-refractivity contribution in [2.45, 2.75) is 11.8 Å². The Morgan fingerprint density at radius 1 is 0.600 bits per heavy atom. The summed E-state index contributed by atoms with van der Waals surface area (Å²) in [6.45, 7) is 0. The Kier molecular flexibility index (Phi) is 4.47. The first-order valence-electron chi connectivity index (χ1n) is 10.1. The normalized spacial score (nSPS) is 25.4. The average molecular weight is 395 g/mol. The number of hydrogen-bond donors (Lipinski definition) is 1. The van der Waals surface area contributed by atoms with E-state index < -0.39 is 11.8 Å². The molecule has 0 unspecified atom stereocenters. The summed E-state index contributed by atoms with van der Waals surface area (Å²) in [7, 11) is 0. The molecule has 0 bridgehead atoms. The molecule has 30 heavy (non-hydrogen) atoms. The van der Waals surface area contributed by atoms with Gasteiger partial charge >= 0.3 is 0 Å². The number of phenols is 1. The minimum atomic E-state index is -0.469. The number of allylic oxidation sites excluding steroid dienone is 2. The number of hydrogen-bond acceptors (Lipinski definition) is 3. The summed E-state index contributed by atoms with van der Waals surface area (Å²) in [6.07, 6.45) is 4.17. The SMILES string of the molecule is O=C1[C@@H]2[C@H](C(=O)N1c1ccc(O)cc1)[C@H](c1ccccc1)C=C[C@H]2c1ccccc1. The molecule has 1 aliphatic carbocycles. The summed E-state index contributed by atoms with van der Waals surface area (Å²) >= 11 is 0. The van der Waals surface area contributed by atoms with E-state index in [1.165, 1.54) is 17.0 Å². The number of carbonyl (C=O) groups is 2. The number of phenolic OH excluding ortho intramolecular Hbond substituents is 1. The van der Waals surface area contributed by atoms with Gasteiger partial charge in [-0.15, -0.1) is 0 Å². The maximum Gasteiger partial charge on any atom is 0.238 e. The van der Waals surface area contributed by atoms with Crippen molar-refractivity contribution in [3.63, 3.8) is 0 Å². The van der Waals surface area contributed by atoms with E-state index in [0.717, 1.165) is 11.1 Å². The average Bonchev–Trinajstić information content (AvgIpc) is 3.06. The second kappa shape index (κ2) is 7.30. The van der Waals surface area contributed by atoms with E-state index in [1.807, 2.05) is 60.7 Å². The topological polar surface area (TPSA) is 57.6 Å². The van der Waals surface area contributed by atoms with E-state index in [-0.39, 0.29) is 29.4 Å². The van der Waals surface area contributed by atoms with Crippen LogP contribution in [0.4, 0.5) is 5.69 Å². The van der Waals surface area contributed by atoms with Gasteiger partial charge in [0.1, 0.15) is 5.75 Å². The molecular formula is C26H21NO3. The molecule has 1 saturated heterocycles. The van der Waals surface area contributed by atoms with Crippen LogP contribution in [0.5, 0.6) is 5.75 Å². The van der Waals surface area contributed by atoms with Crippen LogP contribution >= 0.6 is 0 Å². The zero-order chi connectivity index (χ0) is 20.7. The molecule has 148 valence electrons. The predicted molar refractivity (Wildman–Crippen MR) is 115 cm³/mol. The third-order valence-corrected chi connectivity index (χ3v) is 6.17. The lowest BCUT2D eigenvalue weighted by atomic mass is 9.68. The van der Waals surface area contributed by atoms with E-state index in [1.54, 1.807) is 12.1 Å². The van der Waals surface area contributed by atoms with Crippen LogP contribution in [0.3, 0.4) is 0 Å². The number of carbonyl (C=O) groups excluding carboxylic acids is 2. The van der Waals surface area contributed by atoms with Crippen LogP contribution in [0.15, 0.2) is 97.1 Å². The fourth-order valence-electron chi connectivity index (χ4n) is 4.79. The summed E-state index contributed by atoms with van der Waals surface area (Å²) in [4.78, 5) is 28.5. The molecule has 0 spiro atoms. The highest BCUT2D eigenvalue weighted by molar-refractivity contribution is 6.23. The Bertz CT molecular complexity index is 1040. The molecule has 4 atom stereocenters. The van der Waals surface area contributed by atoms with Crippen molar-refractivity contribution in [2.24, 2.45) is 11.8 Å². The Labute approximate surface area is 175 Å². The van der Waals surface area contributed by atoms with Crippen molar-refractivity contribution >= 4 is 17.5 Å². The molecular weight excluding hydrogens is 374 g/mol. The third-order valence-electron chi connectivity index (χ3n) is 6.17. The number of benzene rings is 3. The van der Waals surface area contributed by atoms with Crippen LogP contribution in [0, 0.1) is 11.8 Å². The standard InChI is InChI=1S/C26H21NO3/c28-20-13-11-19(12-14-20)27-25(29)23-21(17-7-3-1-4-8-17)15-16-22(24(23)26(27)30)18-9-5-2-6-10-18/h1-16,21-24,28H/t21-,22-,23-,24+/m0/s1. The highest BCUT2D eigenvalue weighted by atomic mass is 16.3. The molecule has 2 aliphatic rings. The van der Waals surface area contributed by atoms with Gasteiger partial charge in [-0.2, -0.15) is 0 Å². The molecule has 0 saturated carbocycles. The van der Waals surface area contributed by atoms with Gasteiger partial charge in [-0.1, -0.05) is 72.8 Å². The highest BCUT2D eigenvalue weighted by Crippen LogP contribution is 2.50. The fourth-order valence-corrected chi connectivity index (χ4v) is 4.79. The van der Waals surface area contributed by atoms with Crippen LogP contribution in [0.25, 0.3) is 0 Å². The lowest BCUT2D eigenvalue weighted by Crippen LogP contribution is -2.31. The summed E-state index contributed by atoms with van der Waals surface area (Å²) in [6, 6.07) is 26.0. The van der Waals surface area contributed by atoms with Crippen LogP contribution in [0.2, 0.25) is 0 Å². The van der Waals surface area contributed by atoms with Gasteiger partial charge in [-0.3, -0.25) is 9.59 Å². The minimum Gasteiger partial charge on any atom is -0.508 e. The molecule has 0 aromatic heterocycles. The van der Waals surface area contributed by atoms with Crippen molar-refractivity contribution in [3.8, 4) is 5.75 Å². The smallest absolute Gasteiger partial charge is 0.238 e. The molecule has 0 radical (unpaired) electrons. The van der Waals surface area contributed by atoms with Gasteiger partial charge in [0, 0.05) is 11.8 Å². The van der Waals surface area contributed by atoms with Gasteiger partial charge < -0.3 is 5.11 Å². The quantitative estimate of drug-likeness (QED) is 0.519. The Hall–Kier alpha value is -3.66. The number of imide groups is 1. The summed E-state index contributed by atoms with van der Waals surface area (Å²) in [5.74, 6) is -1.52. The predicted octanol–water partition coefficient (Wildman–Crippen LogP) is 4.64. The second-order valence-corrected chi connectivity index (χ2v) is 7.84. The first kappa shape index (κ1) is 18.4. The second-order valence-electron chi connectivity index (χ2n) is 7.84. The molecule has 5 rings (SSSR count). The molecule has 1 heterocycles. The first-order valence-corrected chi connectivity index (χ1v) is 10.1. The zero-order valence-corrected chi connectivity index (χ0v) is 16.3. The Morgan fingerprint density at radius 3 is 1.47 bits per heavy atom. The van der Waals surface area contributed by atoms with Gasteiger partial charge in [0.25, 0.3) is 0 Å². The largest absolute Gasteiger partial charge is 0.508 e. The molecule has 2 amide bonds. The maximum absolute atomic E-state index is 13.6. The van der Waals surface area contributed by atoms with Gasteiger partial charge in [0.15, 0.2) is 0 Å². The fraction of sp³-hybridized carbons (Fsp3) is 0.154. The van der Waals surface area contributed by atoms with Crippen molar-refractivity contribution in [1.82, 2.24) is 0 Å². The van der Waals surface area contributed by atoms with Gasteiger partial charge in [0.05, 0.1) is 17.5 Å². The van der Waals surface area contributed by atoms with Gasteiger partial charge in [-0.25, -0.2) is 4.90 Å². The van der Waals surface area contributed by atoms with E-state index >= 15 is 0 Å². The first-order chi connectivity index (χ1) is 14.6. The lowest BCUT2D eigenvalue weighted by molar-refractivity contribution is -0.122. The number of fused-ring (bicyclic) bond motifs is 1. The Balaban J connectivity index is 1.63. The Morgan fingerprint density at radius 2 is 1.03 bits per heavy atom. The van der Waals surface area contributed by atoms with E-state index in [2.05, 4.69) is 12.2 Å². The molecule has 1 N–H and O–H groups in total. The van der Waals surface area contributed by atoms with Crippen molar-refractivity contribution < 1.29 is 14.7 Å². The summed E-state index contributed by atoms with van der Waals surface area (Å²) < 4.78 is 0. The van der Waals surface area contributed by atoms with E-state index in [9.17, 15) is 14.7 Å². The molecule has 1 aliphatic heterocycles. The number of aromatic hydroxyl groups is 1. The molecule has 1 fully saturated rings. The van der Waals surface area contributed by atoms with E-state index in [4.69, 9.17) is 0 Å². The van der Waals surface area contributed by atoms with Crippen molar-refractivity contribution in [1.29, 1.82) is 0 Å². The minimum absolute atomic E-state index is 0.0984. The van der Waals surface area contributed by atoms with Crippen LogP contribution in [0.1, 0.15) is 23.0 Å². The van der Waals surface area contributed by atoms with Crippen LogP contribution in [-0.4, -0.2) is 16.9 Å². The van der Waals surface area contributed by atoms with Crippen LogP contribution < -0.4 is 4.90 Å². The molecule has 4 nitrogen and oxygen atoms in total. The molecule has 3 aromatic carbocycles. The van der Waals surface area contributed by atoms with Crippen molar-refractivity contribution in [2.75, 3.05) is 4.90 Å².